The Labute approximate surface area is 407 Å². The summed E-state index contributed by atoms with van der Waals surface area (Å²) in [4.78, 5) is 0. The highest BCUT2D eigenvalue weighted by Crippen LogP contribution is 2.41. The zero-order valence-corrected chi connectivity index (χ0v) is 37.9. The smallest absolute Gasteiger partial charge is 0.426 e. The fourth-order valence-electron chi connectivity index (χ4n) is 7.14. The lowest BCUT2D eigenvalue weighted by Gasteiger charge is -2.46. The van der Waals surface area contributed by atoms with Crippen molar-refractivity contribution in [1.29, 1.82) is 0 Å². The van der Waals surface area contributed by atoms with Gasteiger partial charge in [-0.3, -0.25) is 0 Å². The van der Waals surface area contributed by atoms with E-state index < -0.39 is 216 Å². The Morgan fingerprint density at radius 3 is 0.653 bits per heavy atom. The quantitative estimate of drug-likeness (QED) is 0.0657. The van der Waals surface area contributed by atoms with Crippen molar-refractivity contribution in [2.45, 2.75) is 61.2 Å². The third-order valence-corrected chi connectivity index (χ3v) is 13.7. The van der Waals surface area contributed by atoms with E-state index in [2.05, 4.69) is 0 Å². The molecule has 72 heavy (non-hydrogen) atoms. The molecule has 0 fully saturated rings. The summed E-state index contributed by atoms with van der Waals surface area (Å²) in [6.45, 7) is 0. The van der Waals surface area contributed by atoms with Crippen molar-refractivity contribution in [2.75, 3.05) is 0 Å². The average Bonchev–Trinajstić information content (AvgIpc) is 3.90. The van der Waals surface area contributed by atoms with Crippen LogP contribution in [0.15, 0.2) is 106 Å². The molecule has 6 aromatic rings. The van der Waals surface area contributed by atoms with Crippen molar-refractivity contribution >= 4 is 51.2 Å². The molecule has 30 heteroatoms. The van der Waals surface area contributed by atoms with Crippen LogP contribution in [0.2, 0.25) is 0 Å². The van der Waals surface area contributed by atoms with E-state index in [1.54, 1.807) is 12.5 Å². The molecular weight excluding hydrogens is 1200 g/mol. The highest BCUT2D eigenvalue weighted by molar-refractivity contribution is 7.20. The highest BCUT2D eigenvalue weighted by Gasteiger charge is 2.47. The van der Waals surface area contributed by atoms with Gasteiger partial charge in [0.25, 0.3) is 0 Å². The molecule has 392 valence electrons. The third kappa shape index (κ3) is 13.1. The molecular formula is C42H20BCl2F24IO2. The molecule has 0 radical (unpaired) electrons. The van der Waals surface area contributed by atoms with E-state index in [4.69, 9.17) is 32.0 Å². The van der Waals surface area contributed by atoms with Gasteiger partial charge in [-0.25, -0.2) is 0 Å². The van der Waals surface area contributed by atoms with Crippen LogP contribution in [0, 0.1) is 7.53 Å². The molecule has 2 heterocycles. The second kappa shape index (κ2) is 20.1. The number of rotatable bonds is 8. The minimum absolute atomic E-state index is 0.454. The van der Waals surface area contributed by atoms with E-state index in [0.717, 1.165) is 18.7 Å². The zero-order chi connectivity index (χ0) is 54.6. The largest absolute Gasteiger partial charge is 0.443 e. The van der Waals surface area contributed by atoms with Gasteiger partial charge in [0.1, 0.15) is 6.15 Å². The zero-order valence-electron chi connectivity index (χ0n) is 34.3. The molecule has 4 aromatic carbocycles. The first-order valence-electron chi connectivity index (χ1n) is 18.9. The van der Waals surface area contributed by atoms with Crippen LogP contribution in [0.3, 0.4) is 0 Å². The summed E-state index contributed by atoms with van der Waals surface area (Å²) >= 11 is 11.1. The van der Waals surface area contributed by atoms with Crippen LogP contribution in [-0.4, -0.2) is 6.15 Å². The lowest BCUT2D eigenvalue weighted by Crippen LogP contribution is -3.61. The lowest BCUT2D eigenvalue weighted by molar-refractivity contribution is -0.637. The molecule has 6 rings (SSSR count). The molecule has 2 aromatic heterocycles. The summed E-state index contributed by atoms with van der Waals surface area (Å²) in [6, 6.07) is -5.02. The molecule has 2 nitrogen and oxygen atoms in total. The number of hydrogen-bond acceptors (Lipinski definition) is 2. The van der Waals surface area contributed by atoms with E-state index in [9.17, 15) is 105 Å². The van der Waals surface area contributed by atoms with Gasteiger partial charge < -0.3 is 8.83 Å². The van der Waals surface area contributed by atoms with Gasteiger partial charge in [0.2, 0.25) is 0 Å². The first-order valence-corrected chi connectivity index (χ1v) is 22.1. The van der Waals surface area contributed by atoms with Crippen LogP contribution in [0.4, 0.5) is 105 Å². The second-order valence-electron chi connectivity index (χ2n) is 15.0. The Morgan fingerprint density at radius 1 is 0.319 bits per heavy atom. The average molecular weight is 1220 g/mol. The van der Waals surface area contributed by atoms with Gasteiger partial charge in [0, 0.05) is 0 Å². The van der Waals surface area contributed by atoms with E-state index in [1.165, 1.54) is 0 Å². The molecule has 0 spiro atoms. The SMILES string of the molecule is ClCc1ccoc1[I+]c1occc1CCl.FC(F)(F)c1cc([B-](c2cc(C(F)(F)F)cc(C(F)(F)F)c2)(c2cc(C(F)(F)F)cc(C(F)(F)F)c2)c2cc(C(F)(F)F)cc(C(F)(F)F)c2)cc(C(F)(F)F)c1. The van der Waals surface area contributed by atoms with E-state index in [0.29, 0.717) is 11.8 Å². The number of hydrogen-bond donors (Lipinski definition) is 0. The van der Waals surface area contributed by atoms with Crippen molar-refractivity contribution in [3.63, 3.8) is 0 Å². The van der Waals surface area contributed by atoms with Gasteiger partial charge in [-0.15, -0.1) is 23.2 Å². The summed E-state index contributed by atoms with van der Waals surface area (Å²) in [5.41, 5.74) is -28.1. The maximum absolute atomic E-state index is 14.2. The molecule has 0 aliphatic carbocycles. The van der Waals surface area contributed by atoms with E-state index >= 15 is 0 Å². The molecule has 0 saturated carbocycles. The van der Waals surface area contributed by atoms with Crippen LogP contribution >= 0.6 is 23.2 Å². The van der Waals surface area contributed by atoms with Gasteiger partial charge in [-0.1, -0.05) is 48.5 Å². The Kier molecular flexibility index (Phi) is 16.2. The van der Waals surface area contributed by atoms with Crippen molar-refractivity contribution in [3.8, 4) is 0 Å². The summed E-state index contributed by atoms with van der Waals surface area (Å²) in [5.74, 6) is 0.949. The Balaban J connectivity index is 0.000000542. The van der Waals surface area contributed by atoms with Gasteiger partial charge in [0.05, 0.1) is 79.9 Å². The van der Waals surface area contributed by atoms with Crippen LogP contribution in [0.1, 0.15) is 55.6 Å². The van der Waals surface area contributed by atoms with Crippen molar-refractivity contribution in [3.05, 3.63) is 161 Å². The molecule has 0 bridgehead atoms. The van der Waals surface area contributed by atoms with Gasteiger partial charge in [-0.2, -0.15) is 127 Å². The maximum atomic E-state index is 14.2. The van der Waals surface area contributed by atoms with E-state index in [-0.39, 0.29) is 0 Å². The standard InChI is InChI=1S/C32H12BF24.C10H8Cl2IO2/c34-25(35,36)13-1-14(26(37,38)39)6-21(5-13)33(22-7-15(27(40,41)42)2-16(8-22)28(43,44)45,23-9-17(29(46,47)48)3-18(10-23)30(49,50)51)24-11-19(31(52,53)54)4-20(12-24)32(55,56)57;11-5-7-1-3-14-9(7)13-10-8(6-12)2-4-15-10/h1-12H;1-4H,5-6H2/q-1;+1. The molecule has 0 amide bonds. The minimum atomic E-state index is -6.13. The van der Waals surface area contributed by atoms with Crippen molar-refractivity contribution < 1.29 is 135 Å². The van der Waals surface area contributed by atoms with Gasteiger partial charge in [0.15, 0.2) is 0 Å². The number of benzene rings is 4. The van der Waals surface area contributed by atoms with Crippen LogP contribution in [0.5, 0.6) is 0 Å². The topological polar surface area (TPSA) is 26.3 Å². The Morgan fingerprint density at radius 2 is 0.500 bits per heavy atom. The summed E-state index contributed by atoms with van der Waals surface area (Å²) in [6.07, 6.45) is -51.5. The monoisotopic (exact) mass is 1220 g/mol. The number of furan rings is 2. The van der Waals surface area contributed by atoms with Crippen LogP contribution < -0.4 is 43.1 Å². The second-order valence-corrected chi connectivity index (χ2v) is 18.1. The minimum Gasteiger partial charge on any atom is -0.426 e. The maximum Gasteiger partial charge on any atom is 0.443 e. The molecule has 0 aliphatic rings. The van der Waals surface area contributed by atoms with E-state index in [1.807, 2.05) is 12.1 Å². The predicted molar refractivity (Wildman–Crippen MR) is 204 cm³/mol. The summed E-state index contributed by atoms with van der Waals surface area (Å²) in [5, 5.41) is 0. The summed E-state index contributed by atoms with van der Waals surface area (Å²) in [7, 11) is 0. The van der Waals surface area contributed by atoms with Crippen LogP contribution in [-0.2, 0) is 61.2 Å². The first kappa shape index (κ1) is 58.0. The third-order valence-electron chi connectivity index (χ3n) is 10.3. The van der Waals surface area contributed by atoms with Gasteiger partial charge in [-0.05, 0) is 36.4 Å². The molecule has 0 N–H and O–H groups in total. The fourth-order valence-corrected chi connectivity index (χ4v) is 10.4. The Bertz CT molecular complexity index is 2400. The summed E-state index contributed by atoms with van der Waals surface area (Å²) < 4.78 is 353. The lowest BCUT2D eigenvalue weighted by atomic mass is 9.12. The fraction of sp³-hybridized carbons (Fsp3) is 0.238. The van der Waals surface area contributed by atoms with Crippen molar-refractivity contribution in [1.82, 2.24) is 0 Å². The molecule has 0 aliphatic heterocycles. The normalized spacial score (nSPS) is 13.6. The molecule has 0 atom stereocenters. The predicted octanol–water partition coefficient (Wildman–Crippen LogP) is 11.7. The number of halogens is 27. The Hall–Kier alpha value is -4.87. The molecule has 0 saturated heterocycles. The first-order chi connectivity index (χ1) is 32.6. The van der Waals surface area contributed by atoms with Gasteiger partial charge >= 0.3 is 78.1 Å². The van der Waals surface area contributed by atoms with Crippen molar-refractivity contribution in [2.24, 2.45) is 0 Å². The molecule has 0 unspecified atom stereocenters. The number of alkyl halides is 26. The van der Waals surface area contributed by atoms with Crippen LogP contribution in [0.25, 0.3) is 0 Å². The highest BCUT2D eigenvalue weighted by atomic mass is 127.